The van der Waals surface area contributed by atoms with Crippen molar-refractivity contribution < 1.29 is 4.84 Å². The molecule has 4 heteroatoms. The van der Waals surface area contributed by atoms with Crippen molar-refractivity contribution >= 4 is 5.84 Å². The molecule has 0 radical (unpaired) electrons. The quantitative estimate of drug-likeness (QED) is 0.245. The number of nitrogens with two attached hydrogens (primary N) is 1. The Kier molecular flexibility index (Phi) is 3.26. The Morgan fingerprint density at radius 3 is 2.71 bits per heavy atom. The van der Waals surface area contributed by atoms with Crippen LogP contribution in [0.1, 0.15) is 0 Å². The molecule has 0 aliphatic rings. The molecule has 4 N–H and O–H groups in total. The van der Waals surface area contributed by atoms with Gasteiger partial charge in [-0.2, -0.15) is 5.48 Å². The molecular formula is C3H9N3O. The summed E-state index contributed by atoms with van der Waals surface area (Å²) in [7, 11) is 1.48. The van der Waals surface area contributed by atoms with E-state index in [1.807, 2.05) is 0 Å². The van der Waals surface area contributed by atoms with Gasteiger partial charge in [-0.25, -0.2) is 0 Å². The lowest BCUT2D eigenvalue weighted by atomic mass is 10.6. The molecule has 4 nitrogen and oxygen atoms in total. The highest BCUT2D eigenvalue weighted by Gasteiger charge is 1.81. The van der Waals surface area contributed by atoms with Gasteiger partial charge in [0.15, 0.2) is 0 Å². The van der Waals surface area contributed by atoms with Crippen molar-refractivity contribution in [2.24, 2.45) is 5.73 Å². The molecule has 0 fully saturated rings. The number of hydrogen-bond donors (Lipinski definition) is 3. The average molecular weight is 103 g/mol. The minimum atomic E-state index is 0.0712. The van der Waals surface area contributed by atoms with Crippen LogP contribution in [0.2, 0.25) is 0 Å². The van der Waals surface area contributed by atoms with E-state index in [1.54, 1.807) is 0 Å². The van der Waals surface area contributed by atoms with Crippen LogP contribution in [-0.4, -0.2) is 19.5 Å². The summed E-state index contributed by atoms with van der Waals surface area (Å²) in [5, 5.41) is 6.63. The second-order valence-corrected chi connectivity index (χ2v) is 1.05. The van der Waals surface area contributed by atoms with Gasteiger partial charge in [0.05, 0.1) is 13.7 Å². The van der Waals surface area contributed by atoms with E-state index in [-0.39, 0.29) is 12.4 Å². The summed E-state index contributed by atoms with van der Waals surface area (Å²) in [6.07, 6.45) is 0. The van der Waals surface area contributed by atoms with Crippen molar-refractivity contribution in [3.63, 3.8) is 0 Å². The van der Waals surface area contributed by atoms with Crippen molar-refractivity contribution in [3.05, 3.63) is 0 Å². The van der Waals surface area contributed by atoms with Gasteiger partial charge in [-0.1, -0.05) is 0 Å². The molecule has 7 heavy (non-hydrogen) atoms. The van der Waals surface area contributed by atoms with Crippen molar-refractivity contribution in [2.75, 3.05) is 13.7 Å². The van der Waals surface area contributed by atoms with Gasteiger partial charge >= 0.3 is 0 Å². The topological polar surface area (TPSA) is 71.1 Å². The third-order valence-corrected chi connectivity index (χ3v) is 0.407. The highest BCUT2D eigenvalue weighted by molar-refractivity contribution is 5.78. The van der Waals surface area contributed by atoms with Crippen LogP contribution in [0.15, 0.2) is 0 Å². The fourth-order valence-corrected chi connectivity index (χ4v) is 0.150. The number of nitrogens with one attached hydrogen (secondary N) is 2. The lowest BCUT2D eigenvalue weighted by Crippen LogP contribution is -2.26. The third kappa shape index (κ3) is 5.39. The smallest absolute Gasteiger partial charge is 0.107 e. The molecule has 0 spiro atoms. The van der Waals surface area contributed by atoms with Crippen LogP contribution in [-0.2, 0) is 4.84 Å². The van der Waals surface area contributed by atoms with Crippen molar-refractivity contribution in [2.45, 2.75) is 0 Å². The maximum absolute atomic E-state index is 6.63. The van der Waals surface area contributed by atoms with Gasteiger partial charge in [-0.3, -0.25) is 5.41 Å². The molecule has 0 unspecified atom stereocenters. The van der Waals surface area contributed by atoms with Crippen LogP contribution in [0.5, 0.6) is 0 Å². The predicted molar refractivity (Wildman–Crippen MR) is 26.9 cm³/mol. The lowest BCUT2D eigenvalue weighted by Gasteiger charge is -1.95. The first-order valence-electron chi connectivity index (χ1n) is 1.86. The molecule has 0 heterocycles. The summed E-state index contributed by atoms with van der Waals surface area (Å²) in [4.78, 5) is 4.38. The number of hydroxylamine groups is 1. The Morgan fingerprint density at radius 2 is 2.57 bits per heavy atom. The van der Waals surface area contributed by atoms with E-state index in [0.29, 0.717) is 0 Å². The number of rotatable bonds is 3. The lowest BCUT2D eigenvalue weighted by molar-refractivity contribution is 0.104. The highest BCUT2D eigenvalue weighted by atomic mass is 16.6. The van der Waals surface area contributed by atoms with E-state index >= 15 is 0 Å². The van der Waals surface area contributed by atoms with Gasteiger partial charge in [0.2, 0.25) is 0 Å². The second kappa shape index (κ2) is 3.58. The fourth-order valence-electron chi connectivity index (χ4n) is 0.150. The first-order chi connectivity index (χ1) is 3.27. The summed E-state index contributed by atoms with van der Waals surface area (Å²) < 4.78 is 0. The number of hydrogen-bond acceptors (Lipinski definition) is 3. The summed E-state index contributed by atoms with van der Waals surface area (Å²) in [5.74, 6) is 0.0712. The van der Waals surface area contributed by atoms with Crippen molar-refractivity contribution in [1.29, 1.82) is 5.41 Å². The van der Waals surface area contributed by atoms with E-state index in [4.69, 9.17) is 11.1 Å². The van der Waals surface area contributed by atoms with E-state index in [9.17, 15) is 0 Å². The molecule has 0 bridgehead atoms. The maximum atomic E-state index is 6.63. The van der Waals surface area contributed by atoms with E-state index < -0.39 is 0 Å². The molecule has 0 aromatic carbocycles. The van der Waals surface area contributed by atoms with Crippen LogP contribution in [0, 0.1) is 5.41 Å². The van der Waals surface area contributed by atoms with Crippen molar-refractivity contribution in [1.82, 2.24) is 5.48 Å². The Balaban J connectivity index is 2.82. The van der Waals surface area contributed by atoms with Gasteiger partial charge in [-0.05, 0) is 0 Å². The van der Waals surface area contributed by atoms with Gasteiger partial charge in [0.25, 0.3) is 0 Å². The summed E-state index contributed by atoms with van der Waals surface area (Å²) in [6, 6.07) is 0. The van der Waals surface area contributed by atoms with Gasteiger partial charge in [0.1, 0.15) is 5.84 Å². The van der Waals surface area contributed by atoms with Crippen LogP contribution < -0.4 is 11.2 Å². The summed E-state index contributed by atoms with van der Waals surface area (Å²) >= 11 is 0. The maximum Gasteiger partial charge on any atom is 0.107 e. The molecule has 0 saturated carbocycles. The Labute approximate surface area is 42.1 Å². The molecule has 0 aromatic heterocycles. The predicted octanol–water partition coefficient (Wildman–Crippen LogP) is -0.927. The molecule has 0 saturated heterocycles. The summed E-state index contributed by atoms with van der Waals surface area (Å²) in [6.45, 7) is 0.288. The second-order valence-electron chi connectivity index (χ2n) is 1.05. The Hall–Kier alpha value is -0.610. The molecule has 42 valence electrons. The highest BCUT2D eigenvalue weighted by Crippen LogP contribution is 1.53. The minimum absolute atomic E-state index is 0.0712. The molecule has 0 aromatic rings. The zero-order valence-corrected chi connectivity index (χ0v) is 4.19. The zero-order chi connectivity index (χ0) is 5.70. The standard InChI is InChI=1S/C3H9N3O/c1-7-6-2-3(4)5/h6H,2H2,1H3,(H3,4,5). The van der Waals surface area contributed by atoms with E-state index in [0.717, 1.165) is 0 Å². The summed E-state index contributed by atoms with van der Waals surface area (Å²) in [5.41, 5.74) is 7.32. The van der Waals surface area contributed by atoms with Crippen LogP contribution in [0.4, 0.5) is 0 Å². The normalized spacial score (nSPS) is 8.71. The molecule has 0 amide bonds. The van der Waals surface area contributed by atoms with Crippen molar-refractivity contribution in [3.8, 4) is 0 Å². The average Bonchev–Trinajstić information content (AvgIpc) is 1.61. The first kappa shape index (κ1) is 6.39. The largest absolute Gasteiger partial charge is 0.387 e. The minimum Gasteiger partial charge on any atom is -0.387 e. The Morgan fingerprint density at radius 1 is 2.00 bits per heavy atom. The third-order valence-electron chi connectivity index (χ3n) is 0.407. The van der Waals surface area contributed by atoms with E-state index in [2.05, 4.69) is 10.3 Å². The number of amidine groups is 1. The van der Waals surface area contributed by atoms with Gasteiger partial charge in [0, 0.05) is 0 Å². The molecule has 0 aliphatic heterocycles. The van der Waals surface area contributed by atoms with Crippen LogP contribution in [0.25, 0.3) is 0 Å². The molecule has 0 atom stereocenters. The van der Waals surface area contributed by atoms with Crippen LogP contribution in [0.3, 0.4) is 0 Å². The van der Waals surface area contributed by atoms with Gasteiger partial charge in [-0.15, -0.1) is 0 Å². The molecule has 0 aliphatic carbocycles. The zero-order valence-electron chi connectivity index (χ0n) is 4.19. The fraction of sp³-hybridized carbons (Fsp3) is 0.667. The van der Waals surface area contributed by atoms with Gasteiger partial charge < -0.3 is 10.6 Å². The molecule has 0 rings (SSSR count). The SMILES string of the molecule is CONCC(=N)N. The monoisotopic (exact) mass is 103 g/mol. The van der Waals surface area contributed by atoms with Crippen LogP contribution >= 0.6 is 0 Å². The Bertz CT molecular complexity index is 63.2. The molecular weight excluding hydrogens is 94.1 g/mol. The first-order valence-corrected chi connectivity index (χ1v) is 1.86. The van der Waals surface area contributed by atoms with E-state index in [1.165, 1.54) is 7.11 Å².